The number of aromatic amines is 1. The van der Waals surface area contributed by atoms with E-state index in [1.165, 1.54) is 6.07 Å². The number of likely N-dealkylation sites (N-methyl/N-ethyl adjacent to an activating group) is 2. The van der Waals surface area contributed by atoms with Gasteiger partial charge in [0.25, 0.3) is 5.56 Å². The lowest BCUT2D eigenvalue weighted by Gasteiger charge is -2.17. The standard InChI is InChI=1S/C10H16N4O2/c1-4-11-10(16)6-14(3)8-5-9(15)13-7(2)12-8/h5H,4,6H2,1-3H3,(H,11,16)(H,12,13,15). The fourth-order valence-electron chi connectivity index (χ4n) is 1.31. The van der Waals surface area contributed by atoms with E-state index in [1.54, 1.807) is 18.9 Å². The van der Waals surface area contributed by atoms with E-state index in [2.05, 4.69) is 15.3 Å². The van der Waals surface area contributed by atoms with Gasteiger partial charge in [-0.1, -0.05) is 0 Å². The third-order valence-electron chi connectivity index (χ3n) is 1.99. The first-order valence-electron chi connectivity index (χ1n) is 5.08. The number of carbonyl (C=O) groups is 1. The zero-order valence-electron chi connectivity index (χ0n) is 9.70. The van der Waals surface area contributed by atoms with Crippen molar-refractivity contribution in [1.82, 2.24) is 15.3 Å². The second kappa shape index (κ2) is 5.29. The number of hydrogen-bond acceptors (Lipinski definition) is 4. The van der Waals surface area contributed by atoms with Crippen molar-refractivity contribution in [3.63, 3.8) is 0 Å². The molecule has 6 heteroatoms. The Hall–Kier alpha value is -1.85. The molecule has 0 aliphatic heterocycles. The molecule has 0 aliphatic rings. The van der Waals surface area contributed by atoms with Crippen molar-refractivity contribution in [2.45, 2.75) is 13.8 Å². The molecular weight excluding hydrogens is 208 g/mol. The molecule has 0 unspecified atom stereocenters. The minimum atomic E-state index is -0.217. The van der Waals surface area contributed by atoms with E-state index in [0.717, 1.165) is 0 Å². The molecule has 0 aliphatic carbocycles. The number of aryl methyl sites for hydroxylation is 1. The summed E-state index contributed by atoms with van der Waals surface area (Å²) < 4.78 is 0. The third kappa shape index (κ3) is 3.38. The molecule has 88 valence electrons. The maximum Gasteiger partial charge on any atom is 0.252 e. The molecule has 0 saturated heterocycles. The lowest BCUT2D eigenvalue weighted by atomic mass is 10.4. The predicted molar refractivity (Wildman–Crippen MR) is 61.5 cm³/mol. The lowest BCUT2D eigenvalue weighted by molar-refractivity contribution is -0.119. The minimum Gasteiger partial charge on any atom is -0.355 e. The van der Waals surface area contributed by atoms with Gasteiger partial charge in [-0.05, 0) is 13.8 Å². The van der Waals surface area contributed by atoms with E-state index in [9.17, 15) is 9.59 Å². The first kappa shape index (κ1) is 12.2. The molecule has 0 atom stereocenters. The fourth-order valence-corrected chi connectivity index (χ4v) is 1.31. The van der Waals surface area contributed by atoms with Crippen LogP contribution < -0.4 is 15.8 Å². The van der Waals surface area contributed by atoms with Crippen LogP contribution in [-0.4, -0.2) is 36.0 Å². The normalized spacial score (nSPS) is 9.94. The maximum atomic E-state index is 11.3. The minimum absolute atomic E-state index is 0.0928. The number of nitrogens with one attached hydrogen (secondary N) is 2. The summed E-state index contributed by atoms with van der Waals surface area (Å²) in [6, 6.07) is 1.37. The van der Waals surface area contributed by atoms with Gasteiger partial charge >= 0.3 is 0 Å². The van der Waals surface area contributed by atoms with Crippen LogP contribution in [0, 0.1) is 6.92 Å². The van der Waals surface area contributed by atoms with E-state index in [0.29, 0.717) is 18.2 Å². The van der Waals surface area contributed by atoms with Gasteiger partial charge in [0.15, 0.2) is 0 Å². The van der Waals surface area contributed by atoms with Gasteiger partial charge in [-0.25, -0.2) is 4.98 Å². The summed E-state index contributed by atoms with van der Waals surface area (Å²) in [5, 5.41) is 2.68. The lowest BCUT2D eigenvalue weighted by Crippen LogP contribution is -2.35. The quantitative estimate of drug-likeness (QED) is 0.733. The maximum absolute atomic E-state index is 11.3. The van der Waals surface area contributed by atoms with Gasteiger partial charge in [0.1, 0.15) is 11.6 Å². The third-order valence-corrected chi connectivity index (χ3v) is 1.99. The zero-order valence-corrected chi connectivity index (χ0v) is 9.70. The van der Waals surface area contributed by atoms with Crippen molar-refractivity contribution in [1.29, 1.82) is 0 Å². The summed E-state index contributed by atoms with van der Waals surface area (Å²) in [6.45, 7) is 4.33. The van der Waals surface area contributed by atoms with Crippen LogP contribution >= 0.6 is 0 Å². The average molecular weight is 224 g/mol. The highest BCUT2D eigenvalue weighted by molar-refractivity contribution is 5.80. The van der Waals surface area contributed by atoms with E-state index in [1.807, 2.05) is 6.92 Å². The molecule has 1 aromatic heterocycles. The van der Waals surface area contributed by atoms with E-state index in [-0.39, 0.29) is 18.0 Å². The van der Waals surface area contributed by atoms with Crippen LogP contribution in [0.15, 0.2) is 10.9 Å². The van der Waals surface area contributed by atoms with Crippen molar-refractivity contribution < 1.29 is 4.79 Å². The van der Waals surface area contributed by atoms with Crippen molar-refractivity contribution in [2.24, 2.45) is 0 Å². The molecule has 6 nitrogen and oxygen atoms in total. The van der Waals surface area contributed by atoms with Crippen LogP contribution in [0.3, 0.4) is 0 Å². The molecule has 0 radical (unpaired) electrons. The Morgan fingerprint density at radius 2 is 2.31 bits per heavy atom. The van der Waals surface area contributed by atoms with Crippen LogP contribution in [0.1, 0.15) is 12.7 Å². The Morgan fingerprint density at radius 1 is 1.62 bits per heavy atom. The van der Waals surface area contributed by atoms with E-state index >= 15 is 0 Å². The molecular formula is C10H16N4O2. The van der Waals surface area contributed by atoms with Crippen molar-refractivity contribution >= 4 is 11.7 Å². The van der Waals surface area contributed by atoms with E-state index < -0.39 is 0 Å². The smallest absolute Gasteiger partial charge is 0.252 e. The van der Waals surface area contributed by atoms with Crippen molar-refractivity contribution in [2.75, 3.05) is 25.0 Å². The van der Waals surface area contributed by atoms with Gasteiger partial charge in [-0.3, -0.25) is 9.59 Å². The molecule has 0 saturated carbocycles. The zero-order chi connectivity index (χ0) is 12.1. The topological polar surface area (TPSA) is 78.1 Å². The first-order valence-corrected chi connectivity index (χ1v) is 5.08. The molecule has 0 spiro atoms. The van der Waals surface area contributed by atoms with Crippen LogP contribution in [0.4, 0.5) is 5.82 Å². The Kier molecular flexibility index (Phi) is 4.04. The largest absolute Gasteiger partial charge is 0.355 e. The van der Waals surface area contributed by atoms with Gasteiger partial charge < -0.3 is 15.2 Å². The number of rotatable bonds is 4. The van der Waals surface area contributed by atoms with Crippen molar-refractivity contribution in [3.05, 3.63) is 22.2 Å². The number of H-pyrrole nitrogens is 1. The molecule has 2 N–H and O–H groups in total. The molecule has 0 fully saturated rings. The molecule has 0 aromatic carbocycles. The van der Waals surface area contributed by atoms with E-state index in [4.69, 9.17) is 0 Å². The van der Waals surface area contributed by atoms with Crippen molar-refractivity contribution in [3.8, 4) is 0 Å². The monoisotopic (exact) mass is 224 g/mol. The highest BCUT2D eigenvalue weighted by Gasteiger charge is 2.08. The molecule has 16 heavy (non-hydrogen) atoms. The summed E-state index contributed by atoms with van der Waals surface area (Å²) in [6.07, 6.45) is 0. The fraction of sp³-hybridized carbons (Fsp3) is 0.500. The highest BCUT2D eigenvalue weighted by atomic mass is 16.2. The predicted octanol–water partition coefficient (Wildman–Crippen LogP) is -0.349. The molecule has 1 amide bonds. The molecule has 1 aromatic rings. The van der Waals surface area contributed by atoms with Gasteiger partial charge in [-0.15, -0.1) is 0 Å². The van der Waals surface area contributed by atoms with Gasteiger partial charge in [0.05, 0.1) is 6.54 Å². The summed E-state index contributed by atoms with van der Waals surface area (Å²) in [4.78, 5) is 30.9. The molecule has 1 rings (SSSR count). The number of aromatic nitrogens is 2. The number of anilines is 1. The first-order chi connectivity index (χ1) is 7.52. The highest BCUT2D eigenvalue weighted by Crippen LogP contribution is 2.03. The van der Waals surface area contributed by atoms with Gasteiger partial charge in [-0.2, -0.15) is 0 Å². The van der Waals surface area contributed by atoms with Gasteiger partial charge in [0, 0.05) is 19.7 Å². The Balaban J connectivity index is 2.76. The van der Waals surface area contributed by atoms with Crippen LogP contribution in [0.25, 0.3) is 0 Å². The number of carbonyl (C=O) groups excluding carboxylic acids is 1. The molecule has 1 heterocycles. The SMILES string of the molecule is CCNC(=O)CN(C)c1cc(=O)[nH]c(C)n1. The number of hydrogen-bond donors (Lipinski definition) is 2. The van der Waals surface area contributed by atoms with Crippen LogP contribution in [0.2, 0.25) is 0 Å². The Labute approximate surface area is 93.7 Å². The Bertz CT molecular complexity index is 427. The van der Waals surface area contributed by atoms with Crippen LogP contribution in [0.5, 0.6) is 0 Å². The molecule has 0 bridgehead atoms. The Morgan fingerprint density at radius 3 is 2.88 bits per heavy atom. The summed E-state index contributed by atoms with van der Waals surface area (Å²) in [5.41, 5.74) is -0.217. The van der Waals surface area contributed by atoms with Gasteiger partial charge in [0.2, 0.25) is 5.91 Å². The summed E-state index contributed by atoms with van der Waals surface area (Å²) in [7, 11) is 1.72. The number of nitrogens with zero attached hydrogens (tertiary/aromatic N) is 2. The second-order valence-electron chi connectivity index (χ2n) is 3.50. The number of amides is 1. The summed E-state index contributed by atoms with van der Waals surface area (Å²) in [5.74, 6) is 0.933. The average Bonchev–Trinajstić information content (AvgIpc) is 2.16. The summed E-state index contributed by atoms with van der Waals surface area (Å²) >= 11 is 0. The second-order valence-corrected chi connectivity index (χ2v) is 3.50. The van der Waals surface area contributed by atoms with Crippen LogP contribution in [-0.2, 0) is 4.79 Å².